The molecule has 30 heavy (non-hydrogen) atoms. The second kappa shape index (κ2) is 6.25. The Morgan fingerprint density at radius 3 is 2.60 bits per heavy atom. The van der Waals surface area contributed by atoms with E-state index in [1.54, 1.807) is 31.3 Å². The zero-order chi connectivity index (χ0) is 21.5. The van der Waals surface area contributed by atoms with Crippen molar-refractivity contribution in [2.24, 2.45) is 0 Å². The smallest absolute Gasteiger partial charge is 0.263 e. The van der Waals surface area contributed by atoms with E-state index < -0.39 is 14.6 Å². The maximum Gasteiger partial charge on any atom is 0.263 e. The minimum absolute atomic E-state index is 0.0561. The van der Waals surface area contributed by atoms with Crippen LogP contribution in [0.15, 0.2) is 24.3 Å². The number of fused-ring (bicyclic) bond motifs is 1. The zero-order valence-electron chi connectivity index (χ0n) is 16.7. The molecule has 3 fully saturated rings. The molecule has 0 unspecified atom stereocenters. The molecule has 6 rings (SSSR count). The van der Waals surface area contributed by atoms with Crippen molar-refractivity contribution in [3.8, 4) is 0 Å². The summed E-state index contributed by atoms with van der Waals surface area (Å²) in [5.41, 5.74) is 1.24. The summed E-state index contributed by atoms with van der Waals surface area (Å²) in [7, 11) is -3.34. The first kappa shape index (κ1) is 20.4. The van der Waals surface area contributed by atoms with Crippen LogP contribution in [0.3, 0.4) is 0 Å². The van der Waals surface area contributed by atoms with Crippen molar-refractivity contribution < 1.29 is 13.2 Å². The molecule has 1 amide bonds. The SMILES string of the molecule is CC(C)(c1cc(C(=O)NC23CC(c4nc5ccc(Cl)cc5s4)(C2)C3)sn1)S(C)(=O)=O. The Bertz CT molecular complexity index is 1290. The highest BCUT2D eigenvalue weighted by atomic mass is 35.5. The highest BCUT2D eigenvalue weighted by Crippen LogP contribution is 2.68. The fraction of sp³-hybridized carbons (Fsp3) is 0.450. The first-order valence-corrected chi connectivity index (χ1v) is 13.4. The molecule has 2 heterocycles. The fourth-order valence-corrected chi connectivity index (χ4v) is 7.18. The van der Waals surface area contributed by atoms with Crippen LogP contribution in [0.4, 0.5) is 0 Å². The molecule has 158 valence electrons. The molecule has 3 aromatic rings. The Labute approximate surface area is 187 Å². The Morgan fingerprint density at radius 1 is 1.23 bits per heavy atom. The number of carbonyl (C=O) groups is 1. The summed E-state index contributed by atoms with van der Waals surface area (Å²) >= 11 is 8.81. The number of hydrogen-bond acceptors (Lipinski definition) is 7. The maximum atomic E-state index is 12.8. The molecule has 3 aliphatic rings. The number of sulfone groups is 1. The molecule has 2 aromatic heterocycles. The Balaban J connectivity index is 1.28. The molecule has 3 aliphatic carbocycles. The van der Waals surface area contributed by atoms with Crippen LogP contribution in [-0.4, -0.2) is 35.5 Å². The third-order valence-electron chi connectivity index (χ3n) is 6.49. The standard InChI is InChI=1S/C20H20ClN3O3S3/c1-18(2,30(3,26)27)15-7-14(29-24-15)16(25)23-20-8-19(9-20,10-20)17-22-12-5-4-11(21)6-13(12)28-17/h4-7H,8-10H2,1-3H3,(H,23,25). The summed E-state index contributed by atoms with van der Waals surface area (Å²) in [5.74, 6) is -0.188. The Hall–Kier alpha value is -1.55. The third-order valence-corrected chi connectivity index (χ3v) is 10.8. The highest BCUT2D eigenvalue weighted by molar-refractivity contribution is 7.91. The van der Waals surface area contributed by atoms with Crippen LogP contribution in [0.25, 0.3) is 10.2 Å². The van der Waals surface area contributed by atoms with Gasteiger partial charge < -0.3 is 5.32 Å². The average Bonchev–Trinajstić information content (AvgIpc) is 3.22. The van der Waals surface area contributed by atoms with Gasteiger partial charge in [-0.3, -0.25) is 4.79 Å². The van der Waals surface area contributed by atoms with Gasteiger partial charge in [0.1, 0.15) is 14.6 Å². The van der Waals surface area contributed by atoms with Crippen molar-refractivity contribution in [2.45, 2.75) is 48.8 Å². The quantitative estimate of drug-likeness (QED) is 0.587. The van der Waals surface area contributed by atoms with E-state index >= 15 is 0 Å². The fourth-order valence-electron chi connectivity index (χ4n) is 4.43. The molecule has 1 aromatic carbocycles. The van der Waals surface area contributed by atoms with Crippen LogP contribution >= 0.6 is 34.5 Å². The van der Waals surface area contributed by atoms with Gasteiger partial charge in [0.25, 0.3) is 5.91 Å². The molecule has 1 N–H and O–H groups in total. The van der Waals surface area contributed by atoms with Crippen LogP contribution in [0.1, 0.15) is 53.5 Å². The third kappa shape index (κ3) is 2.93. The second-order valence-electron chi connectivity index (χ2n) is 9.04. The van der Waals surface area contributed by atoms with E-state index in [-0.39, 0.29) is 16.9 Å². The largest absolute Gasteiger partial charge is 0.346 e. The van der Waals surface area contributed by atoms with Crippen molar-refractivity contribution in [2.75, 3.05) is 6.26 Å². The summed E-state index contributed by atoms with van der Waals surface area (Å²) in [5, 5.41) is 4.98. The molecule has 3 saturated carbocycles. The number of amides is 1. The number of benzene rings is 1. The van der Waals surface area contributed by atoms with Crippen LogP contribution in [0.2, 0.25) is 5.02 Å². The molecular weight excluding hydrogens is 462 g/mol. The molecule has 0 spiro atoms. The molecule has 2 bridgehead atoms. The first-order valence-electron chi connectivity index (χ1n) is 9.49. The number of aromatic nitrogens is 2. The number of nitrogens with zero attached hydrogens (tertiary/aromatic N) is 2. The van der Waals surface area contributed by atoms with Gasteiger partial charge in [-0.1, -0.05) is 11.6 Å². The molecule has 6 nitrogen and oxygen atoms in total. The number of nitrogens with one attached hydrogen (secondary N) is 1. The zero-order valence-corrected chi connectivity index (χ0v) is 19.9. The monoisotopic (exact) mass is 481 g/mol. The molecule has 0 saturated heterocycles. The molecule has 0 radical (unpaired) electrons. The van der Waals surface area contributed by atoms with E-state index in [9.17, 15) is 13.2 Å². The van der Waals surface area contributed by atoms with Gasteiger partial charge in [0.05, 0.1) is 15.9 Å². The van der Waals surface area contributed by atoms with Crippen molar-refractivity contribution >= 4 is 60.4 Å². The topological polar surface area (TPSA) is 89.0 Å². The van der Waals surface area contributed by atoms with Gasteiger partial charge in [0.15, 0.2) is 9.84 Å². The van der Waals surface area contributed by atoms with Crippen LogP contribution < -0.4 is 5.32 Å². The first-order chi connectivity index (χ1) is 13.9. The predicted octanol–water partition coefficient (Wildman–Crippen LogP) is 4.29. The predicted molar refractivity (Wildman–Crippen MR) is 120 cm³/mol. The van der Waals surface area contributed by atoms with E-state index in [4.69, 9.17) is 16.6 Å². The maximum absolute atomic E-state index is 12.8. The number of hydrogen-bond donors (Lipinski definition) is 1. The minimum atomic E-state index is -3.34. The number of rotatable bonds is 5. The average molecular weight is 482 g/mol. The summed E-state index contributed by atoms with van der Waals surface area (Å²) < 4.78 is 28.3. The van der Waals surface area contributed by atoms with E-state index in [2.05, 4.69) is 9.69 Å². The van der Waals surface area contributed by atoms with E-state index in [1.165, 1.54) is 6.26 Å². The molecular formula is C20H20ClN3O3S3. The summed E-state index contributed by atoms with van der Waals surface area (Å²) in [6, 6.07) is 7.34. The van der Waals surface area contributed by atoms with Crippen LogP contribution in [0.5, 0.6) is 0 Å². The lowest BCUT2D eigenvalue weighted by Crippen LogP contribution is -2.76. The van der Waals surface area contributed by atoms with Crippen molar-refractivity contribution in [3.05, 3.63) is 44.9 Å². The van der Waals surface area contributed by atoms with Gasteiger partial charge in [-0.05, 0) is 68.9 Å². The summed E-state index contributed by atoms with van der Waals surface area (Å²) in [6.45, 7) is 3.21. The lowest BCUT2D eigenvalue weighted by molar-refractivity contribution is -0.0806. The lowest BCUT2D eigenvalue weighted by atomic mass is 9.39. The molecule has 0 atom stereocenters. The summed E-state index contributed by atoms with van der Waals surface area (Å²) in [4.78, 5) is 18.0. The van der Waals surface area contributed by atoms with Gasteiger partial charge in [0, 0.05) is 22.2 Å². The normalized spacial score (nSPS) is 25.6. The summed E-state index contributed by atoms with van der Waals surface area (Å²) in [6.07, 6.45) is 3.81. The van der Waals surface area contributed by atoms with E-state index in [1.807, 2.05) is 18.2 Å². The van der Waals surface area contributed by atoms with Gasteiger partial charge in [0.2, 0.25) is 0 Å². The minimum Gasteiger partial charge on any atom is -0.346 e. The van der Waals surface area contributed by atoms with Gasteiger partial charge in [-0.2, -0.15) is 4.37 Å². The highest BCUT2D eigenvalue weighted by Gasteiger charge is 2.70. The van der Waals surface area contributed by atoms with E-state index in [0.29, 0.717) is 15.6 Å². The van der Waals surface area contributed by atoms with Crippen LogP contribution in [0, 0.1) is 0 Å². The van der Waals surface area contributed by atoms with Crippen molar-refractivity contribution in [1.82, 2.24) is 14.7 Å². The Morgan fingerprint density at radius 2 is 1.93 bits per heavy atom. The van der Waals surface area contributed by atoms with Gasteiger partial charge in [-0.15, -0.1) is 11.3 Å². The number of carbonyl (C=O) groups excluding carboxylic acids is 1. The number of thiazole rings is 1. The van der Waals surface area contributed by atoms with Crippen molar-refractivity contribution in [1.29, 1.82) is 0 Å². The van der Waals surface area contributed by atoms with Gasteiger partial charge in [-0.25, -0.2) is 13.4 Å². The van der Waals surface area contributed by atoms with E-state index in [0.717, 1.165) is 46.0 Å². The lowest BCUT2D eigenvalue weighted by Gasteiger charge is -2.69. The Kier molecular flexibility index (Phi) is 4.24. The van der Waals surface area contributed by atoms with Gasteiger partial charge >= 0.3 is 0 Å². The van der Waals surface area contributed by atoms with Crippen LogP contribution in [-0.2, 0) is 20.0 Å². The van der Waals surface area contributed by atoms with Crippen molar-refractivity contribution in [3.63, 3.8) is 0 Å². The molecule has 0 aliphatic heterocycles. The molecule has 10 heteroatoms. The number of halogens is 1. The second-order valence-corrected chi connectivity index (χ2v) is 13.9.